The van der Waals surface area contributed by atoms with Gasteiger partial charge in [0.25, 0.3) is 0 Å². The Morgan fingerprint density at radius 2 is 2.10 bits per heavy atom. The Balaban J connectivity index is 1.84. The molecule has 0 aromatic carbocycles. The second-order valence-corrected chi connectivity index (χ2v) is 4.82. The first-order valence-corrected chi connectivity index (χ1v) is 6.78. The Morgan fingerprint density at radius 1 is 1.24 bits per heavy atom. The largest absolute Gasteiger partial charge is 0.357 e. The van der Waals surface area contributed by atoms with Crippen LogP contribution in [0.15, 0.2) is 48.8 Å². The molecule has 0 spiro atoms. The Hall–Kier alpha value is -2.87. The molecule has 3 rings (SSSR count). The minimum atomic E-state index is 0.564. The predicted molar refractivity (Wildman–Crippen MR) is 81.1 cm³/mol. The summed E-state index contributed by atoms with van der Waals surface area (Å²) in [6.07, 6.45) is 4.47. The molecule has 0 bridgehead atoms. The van der Waals surface area contributed by atoms with Crippen LogP contribution in [0.4, 0.5) is 5.82 Å². The lowest BCUT2D eigenvalue weighted by molar-refractivity contribution is 0.841. The van der Waals surface area contributed by atoms with E-state index in [0.717, 1.165) is 24.3 Å². The number of nitrogens with zero attached hydrogens (tertiary/aromatic N) is 5. The first-order valence-electron chi connectivity index (χ1n) is 6.78. The molecular formula is C16H15N5. The fourth-order valence-electron chi connectivity index (χ4n) is 2.29. The smallest absolute Gasteiger partial charge is 0.169 e. The van der Waals surface area contributed by atoms with E-state index in [9.17, 15) is 5.26 Å². The summed E-state index contributed by atoms with van der Waals surface area (Å²) < 4.78 is 1.81. The molecule has 0 fully saturated rings. The van der Waals surface area contributed by atoms with Gasteiger partial charge in [-0.3, -0.25) is 9.38 Å². The zero-order valence-electron chi connectivity index (χ0n) is 11.8. The lowest BCUT2D eigenvalue weighted by Crippen LogP contribution is -2.22. The van der Waals surface area contributed by atoms with Gasteiger partial charge in [-0.2, -0.15) is 5.26 Å². The van der Waals surface area contributed by atoms with E-state index in [2.05, 4.69) is 16.0 Å². The van der Waals surface area contributed by atoms with Gasteiger partial charge in [0.1, 0.15) is 11.7 Å². The second kappa shape index (κ2) is 5.63. The van der Waals surface area contributed by atoms with Crippen LogP contribution in [-0.4, -0.2) is 28.0 Å². The van der Waals surface area contributed by atoms with E-state index in [-0.39, 0.29) is 0 Å². The summed E-state index contributed by atoms with van der Waals surface area (Å²) in [5, 5.41) is 9.39. The maximum atomic E-state index is 9.39. The van der Waals surface area contributed by atoms with E-state index in [1.807, 2.05) is 58.9 Å². The number of hydrogen-bond donors (Lipinski definition) is 0. The summed E-state index contributed by atoms with van der Waals surface area (Å²) in [5.74, 6) is 0.708. The first kappa shape index (κ1) is 13.1. The van der Waals surface area contributed by atoms with E-state index < -0.39 is 0 Å². The SMILES string of the molecule is CN(CCc1ccccn1)c1nc2ccccn2c1C#N. The molecule has 0 saturated carbocycles. The van der Waals surface area contributed by atoms with Gasteiger partial charge >= 0.3 is 0 Å². The normalized spacial score (nSPS) is 10.5. The molecule has 0 aliphatic rings. The number of fused-ring (bicyclic) bond motifs is 1. The Kier molecular flexibility index (Phi) is 3.52. The Morgan fingerprint density at radius 3 is 2.86 bits per heavy atom. The van der Waals surface area contributed by atoms with Crippen molar-refractivity contribution in [1.29, 1.82) is 5.26 Å². The van der Waals surface area contributed by atoms with Gasteiger partial charge in [0.05, 0.1) is 0 Å². The van der Waals surface area contributed by atoms with Gasteiger partial charge in [-0.15, -0.1) is 0 Å². The molecule has 0 saturated heterocycles. The number of nitriles is 1. The average Bonchev–Trinajstić information content (AvgIpc) is 2.92. The van der Waals surface area contributed by atoms with Crippen molar-refractivity contribution in [3.05, 3.63) is 60.2 Å². The van der Waals surface area contributed by atoms with Crippen molar-refractivity contribution >= 4 is 11.5 Å². The van der Waals surface area contributed by atoms with Crippen molar-refractivity contribution in [2.24, 2.45) is 0 Å². The molecule has 5 nitrogen and oxygen atoms in total. The molecule has 0 unspecified atom stereocenters. The number of rotatable bonds is 4. The van der Waals surface area contributed by atoms with E-state index >= 15 is 0 Å². The molecule has 104 valence electrons. The fraction of sp³-hybridized carbons (Fsp3) is 0.188. The maximum Gasteiger partial charge on any atom is 0.169 e. The highest BCUT2D eigenvalue weighted by molar-refractivity contribution is 5.60. The number of hydrogen-bond acceptors (Lipinski definition) is 4. The highest BCUT2D eigenvalue weighted by atomic mass is 15.2. The highest BCUT2D eigenvalue weighted by Gasteiger charge is 2.15. The van der Waals surface area contributed by atoms with Crippen molar-refractivity contribution in [3.63, 3.8) is 0 Å². The topological polar surface area (TPSA) is 57.2 Å². The molecule has 5 heteroatoms. The predicted octanol–water partition coefficient (Wildman–Crippen LogP) is 2.28. The summed E-state index contributed by atoms with van der Waals surface area (Å²) in [7, 11) is 1.95. The van der Waals surface area contributed by atoms with E-state index in [0.29, 0.717) is 11.5 Å². The summed E-state index contributed by atoms with van der Waals surface area (Å²) >= 11 is 0. The molecule has 0 aliphatic carbocycles. The average molecular weight is 277 g/mol. The molecule has 21 heavy (non-hydrogen) atoms. The minimum Gasteiger partial charge on any atom is -0.357 e. The lowest BCUT2D eigenvalue weighted by Gasteiger charge is -2.16. The number of likely N-dealkylation sites (N-methyl/N-ethyl adjacent to an activating group) is 1. The molecule has 3 aromatic heterocycles. The van der Waals surface area contributed by atoms with Crippen LogP contribution in [0.2, 0.25) is 0 Å². The van der Waals surface area contributed by atoms with Gasteiger partial charge in [0.2, 0.25) is 0 Å². The first-order chi connectivity index (χ1) is 10.3. The van der Waals surface area contributed by atoms with Crippen LogP contribution in [0.3, 0.4) is 0 Å². The van der Waals surface area contributed by atoms with Crippen molar-refractivity contribution in [2.45, 2.75) is 6.42 Å². The third kappa shape index (κ3) is 2.56. The number of imidazole rings is 1. The molecule has 3 heterocycles. The molecule has 3 aromatic rings. The molecule has 0 amide bonds. The monoisotopic (exact) mass is 277 g/mol. The van der Waals surface area contributed by atoms with Gasteiger partial charge in [0, 0.05) is 38.1 Å². The van der Waals surface area contributed by atoms with Gasteiger partial charge in [0.15, 0.2) is 11.5 Å². The van der Waals surface area contributed by atoms with Gasteiger partial charge < -0.3 is 4.90 Å². The fourth-order valence-corrected chi connectivity index (χ4v) is 2.29. The number of anilines is 1. The number of aromatic nitrogens is 3. The van der Waals surface area contributed by atoms with Gasteiger partial charge in [-0.1, -0.05) is 12.1 Å². The van der Waals surface area contributed by atoms with Crippen molar-refractivity contribution in [3.8, 4) is 6.07 Å². The Bertz CT molecular complexity index is 785. The van der Waals surface area contributed by atoms with Crippen molar-refractivity contribution in [2.75, 3.05) is 18.5 Å². The van der Waals surface area contributed by atoms with E-state index in [1.165, 1.54) is 0 Å². The van der Waals surface area contributed by atoms with Crippen molar-refractivity contribution < 1.29 is 0 Å². The summed E-state index contributed by atoms with van der Waals surface area (Å²) in [6, 6.07) is 13.8. The molecule has 0 N–H and O–H groups in total. The van der Waals surface area contributed by atoms with Crippen LogP contribution in [0, 0.1) is 11.3 Å². The van der Waals surface area contributed by atoms with Crippen LogP contribution in [0.1, 0.15) is 11.4 Å². The molecular weight excluding hydrogens is 262 g/mol. The van der Waals surface area contributed by atoms with Crippen LogP contribution >= 0.6 is 0 Å². The van der Waals surface area contributed by atoms with Crippen LogP contribution < -0.4 is 4.90 Å². The van der Waals surface area contributed by atoms with Crippen molar-refractivity contribution in [1.82, 2.24) is 14.4 Å². The zero-order chi connectivity index (χ0) is 14.7. The van der Waals surface area contributed by atoms with E-state index in [4.69, 9.17) is 0 Å². The summed E-state index contributed by atoms with van der Waals surface area (Å²) in [4.78, 5) is 10.9. The quantitative estimate of drug-likeness (QED) is 0.734. The van der Waals surface area contributed by atoms with Gasteiger partial charge in [-0.25, -0.2) is 4.98 Å². The second-order valence-electron chi connectivity index (χ2n) is 4.82. The standard InChI is InChI=1S/C16H15N5/c1-20(11-8-13-6-2-4-9-18-13)16-14(12-17)21-10-5-3-7-15(21)19-16/h2-7,9-10H,8,11H2,1H3. The summed E-state index contributed by atoms with van der Waals surface area (Å²) in [6.45, 7) is 0.759. The molecule has 0 atom stereocenters. The third-order valence-corrected chi connectivity index (χ3v) is 3.41. The summed E-state index contributed by atoms with van der Waals surface area (Å²) in [5.41, 5.74) is 2.38. The van der Waals surface area contributed by atoms with Crippen LogP contribution in [-0.2, 0) is 6.42 Å². The van der Waals surface area contributed by atoms with Crippen LogP contribution in [0.25, 0.3) is 5.65 Å². The Labute approximate surface area is 123 Å². The zero-order valence-corrected chi connectivity index (χ0v) is 11.8. The maximum absolute atomic E-state index is 9.39. The van der Waals surface area contributed by atoms with Crippen LogP contribution in [0.5, 0.6) is 0 Å². The molecule has 0 aliphatic heterocycles. The van der Waals surface area contributed by atoms with Gasteiger partial charge in [-0.05, 0) is 24.3 Å². The van der Waals surface area contributed by atoms with E-state index in [1.54, 1.807) is 6.20 Å². The third-order valence-electron chi connectivity index (χ3n) is 3.41. The lowest BCUT2D eigenvalue weighted by atomic mass is 10.2. The number of pyridine rings is 2. The molecule has 0 radical (unpaired) electrons. The minimum absolute atomic E-state index is 0.564. The highest BCUT2D eigenvalue weighted by Crippen LogP contribution is 2.20.